The Morgan fingerprint density at radius 2 is 1.89 bits per heavy atom. The van der Waals surface area contributed by atoms with Crippen molar-refractivity contribution >= 4 is 34.4 Å². The summed E-state index contributed by atoms with van der Waals surface area (Å²) >= 11 is 0. The first-order chi connectivity index (χ1) is 17.2. The Labute approximate surface area is 205 Å². The SMILES string of the molecule is CCn1cc(C(=O)O)c(=O)c2cc(F)c(N3CCN(C(=O)[C@H](C)NC(=O)c4cnccn4)CC3)cc21. The lowest BCUT2D eigenvalue weighted by Crippen LogP contribution is -2.54. The van der Waals surface area contributed by atoms with E-state index in [1.807, 2.05) is 0 Å². The van der Waals surface area contributed by atoms with E-state index >= 15 is 4.39 Å². The molecule has 11 nitrogen and oxygen atoms in total. The van der Waals surface area contributed by atoms with E-state index < -0.39 is 34.7 Å². The highest BCUT2D eigenvalue weighted by atomic mass is 19.1. The van der Waals surface area contributed by atoms with Crippen molar-refractivity contribution in [3.8, 4) is 0 Å². The van der Waals surface area contributed by atoms with E-state index in [1.54, 1.807) is 34.3 Å². The highest BCUT2D eigenvalue weighted by Crippen LogP contribution is 2.26. The summed E-state index contributed by atoms with van der Waals surface area (Å²) in [7, 11) is 0. The number of fused-ring (bicyclic) bond motifs is 1. The van der Waals surface area contributed by atoms with Crippen LogP contribution in [0.2, 0.25) is 0 Å². The number of rotatable bonds is 6. The Morgan fingerprint density at radius 1 is 1.17 bits per heavy atom. The average Bonchev–Trinajstić information content (AvgIpc) is 2.89. The first-order valence-corrected chi connectivity index (χ1v) is 11.4. The molecular weight excluding hydrogens is 471 g/mol. The summed E-state index contributed by atoms with van der Waals surface area (Å²) in [5, 5.41) is 11.9. The maximum Gasteiger partial charge on any atom is 0.341 e. The van der Waals surface area contributed by atoms with Crippen molar-refractivity contribution in [2.45, 2.75) is 26.4 Å². The number of aromatic carboxylic acids is 1. The quantitative estimate of drug-likeness (QED) is 0.518. The van der Waals surface area contributed by atoms with Crippen LogP contribution in [0, 0.1) is 5.82 Å². The van der Waals surface area contributed by atoms with Gasteiger partial charge in [-0.3, -0.25) is 19.4 Å². The Morgan fingerprint density at radius 3 is 2.50 bits per heavy atom. The number of carbonyl (C=O) groups is 3. The third-order valence-electron chi connectivity index (χ3n) is 6.17. The molecule has 0 spiro atoms. The van der Waals surface area contributed by atoms with Crippen LogP contribution >= 0.6 is 0 Å². The number of anilines is 1. The molecule has 3 heterocycles. The van der Waals surface area contributed by atoms with Gasteiger partial charge in [-0.15, -0.1) is 0 Å². The fourth-order valence-corrected chi connectivity index (χ4v) is 4.25. The van der Waals surface area contributed by atoms with Gasteiger partial charge in [0.1, 0.15) is 23.1 Å². The molecule has 1 atom stereocenters. The minimum atomic E-state index is -1.36. The van der Waals surface area contributed by atoms with E-state index in [2.05, 4.69) is 15.3 Å². The molecule has 2 N–H and O–H groups in total. The summed E-state index contributed by atoms with van der Waals surface area (Å²) in [4.78, 5) is 60.2. The zero-order chi connectivity index (χ0) is 26.0. The number of hydrogen-bond acceptors (Lipinski definition) is 7. The number of halogens is 1. The normalized spacial score (nSPS) is 14.5. The molecule has 12 heteroatoms. The fraction of sp³-hybridized carbons (Fsp3) is 0.333. The van der Waals surface area contributed by atoms with Gasteiger partial charge in [0, 0.05) is 56.7 Å². The maximum absolute atomic E-state index is 15.1. The van der Waals surface area contributed by atoms with E-state index in [0.717, 1.165) is 6.07 Å². The van der Waals surface area contributed by atoms with Crippen molar-refractivity contribution in [1.29, 1.82) is 0 Å². The molecule has 2 aromatic heterocycles. The highest BCUT2D eigenvalue weighted by Gasteiger charge is 2.28. The third kappa shape index (κ3) is 4.74. The number of amides is 2. The third-order valence-corrected chi connectivity index (χ3v) is 6.17. The van der Waals surface area contributed by atoms with Gasteiger partial charge in [0.25, 0.3) is 5.91 Å². The lowest BCUT2D eigenvalue weighted by atomic mass is 10.1. The zero-order valence-corrected chi connectivity index (χ0v) is 19.8. The number of aromatic nitrogens is 3. The van der Waals surface area contributed by atoms with Crippen molar-refractivity contribution in [3.63, 3.8) is 0 Å². The van der Waals surface area contributed by atoms with Crippen LogP contribution in [-0.2, 0) is 11.3 Å². The molecule has 4 rings (SSSR count). The molecule has 0 bridgehead atoms. The van der Waals surface area contributed by atoms with Gasteiger partial charge in [0.2, 0.25) is 11.3 Å². The first kappa shape index (κ1) is 24.8. The van der Waals surface area contributed by atoms with E-state index in [9.17, 15) is 24.3 Å². The van der Waals surface area contributed by atoms with Gasteiger partial charge in [0.15, 0.2) is 0 Å². The topological polar surface area (TPSA) is 138 Å². The molecule has 0 radical (unpaired) electrons. The number of piperazine rings is 1. The van der Waals surface area contributed by atoms with E-state index in [0.29, 0.717) is 38.2 Å². The Hall–Kier alpha value is -4.35. The molecule has 1 saturated heterocycles. The molecular formula is C24H25FN6O5. The molecule has 188 valence electrons. The summed E-state index contributed by atoms with van der Waals surface area (Å²) in [5.41, 5.74) is -0.342. The van der Waals surface area contributed by atoms with Crippen LogP contribution in [0.1, 0.15) is 34.7 Å². The molecule has 3 aromatic rings. The van der Waals surface area contributed by atoms with E-state index in [-0.39, 0.29) is 22.7 Å². The average molecular weight is 496 g/mol. The summed E-state index contributed by atoms with van der Waals surface area (Å²) in [6.07, 6.45) is 5.40. The molecule has 1 fully saturated rings. The Bertz CT molecular complexity index is 1390. The Kier molecular flexibility index (Phi) is 6.95. The fourth-order valence-electron chi connectivity index (χ4n) is 4.25. The van der Waals surface area contributed by atoms with Gasteiger partial charge in [-0.1, -0.05) is 0 Å². The van der Waals surface area contributed by atoms with E-state index in [1.165, 1.54) is 24.8 Å². The molecule has 0 saturated carbocycles. The van der Waals surface area contributed by atoms with Crippen LogP contribution in [0.5, 0.6) is 0 Å². The van der Waals surface area contributed by atoms with Gasteiger partial charge in [-0.05, 0) is 26.0 Å². The van der Waals surface area contributed by atoms with Gasteiger partial charge in [-0.2, -0.15) is 0 Å². The molecule has 1 aliphatic heterocycles. The summed E-state index contributed by atoms with van der Waals surface area (Å²) < 4.78 is 16.7. The van der Waals surface area contributed by atoms with Crippen LogP contribution in [0.15, 0.2) is 41.7 Å². The van der Waals surface area contributed by atoms with Crippen molar-refractivity contribution in [2.75, 3.05) is 31.1 Å². The van der Waals surface area contributed by atoms with Crippen LogP contribution in [0.25, 0.3) is 10.9 Å². The number of carboxylic acids is 1. The number of pyridine rings is 1. The van der Waals surface area contributed by atoms with Gasteiger partial charge in [0.05, 0.1) is 17.4 Å². The molecule has 0 aliphatic carbocycles. The number of benzene rings is 1. The standard InChI is InChI=1S/C24H25FN6O5/c1-3-29-13-16(24(35)36)21(32)15-10-17(25)20(11-19(15)29)30-6-8-31(9-7-30)23(34)14(2)28-22(33)18-12-26-4-5-27-18/h4-5,10-14H,3,6-9H2,1-2H3,(H,28,33)(H,35,36)/t14-/m0/s1. The second-order valence-electron chi connectivity index (χ2n) is 8.38. The minimum Gasteiger partial charge on any atom is -0.477 e. The number of nitrogens with one attached hydrogen (secondary N) is 1. The molecule has 1 aromatic carbocycles. The smallest absolute Gasteiger partial charge is 0.341 e. The molecule has 36 heavy (non-hydrogen) atoms. The molecule has 0 unspecified atom stereocenters. The van der Waals surface area contributed by atoms with Crippen molar-refractivity contribution in [2.24, 2.45) is 0 Å². The van der Waals surface area contributed by atoms with Gasteiger partial charge >= 0.3 is 5.97 Å². The second kappa shape index (κ2) is 10.1. The van der Waals surface area contributed by atoms with Crippen molar-refractivity contribution in [3.05, 3.63) is 64.2 Å². The number of carboxylic acid groups (broad SMARTS) is 1. The largest absolute Gasteiger partial charge is 0.477 e. The maximum atomic E-state index is 15.1. The predicted octanol–water partition coefficient (Wildman–Crippen LogP) is 1.12. The second-order valence-corrected chi connectivity index (χ2v) is 8.38. The van der Waals surface area contributed by atoms with Crippen molar-refractivity contribution < 1.29 is 23.9 Å². The monoisotopic (exact) mass is 496 g/mol. The lowest BCUT2D eigenvalue weighted by molar-refractivity contribution is -0.133. The first-order valence-electron chi connectivity index (χ1n) is 11.4. The number of carbonyl (C=O) groups excluding carboxylic acids is 2. The Balaban J connectivity index is 1.48. The van der Waals surface area contributed by atoms with Crippen LogP contribution in [0.4, 0.5) is 10.1 Å². The molecule has 2 amide bonds. The minimum absolute atomic E-state index is 0.000476. The summed E-state index contributed by atoms with van der Waals surface area (Å²) in [6, 6.07) is 1.83. The van der Waals surface area contributed by atoms with Crippen LogP contribution in [-0.4, -0.2) is 74.5 Å². The lowest BCUT2D eigenvalue weighted by Gasteiger charge is -2.37. The van der Waals surface area contributed by atoms with Gasteiger partial charge in [-0.25, -0.2) is 14.2 Å². The van der Waals surface area contributed by atoms with Crippen LogP contribution in [0.3, 0.4) is 0 Å². The zero-order valence-electron chi connectivity index (χ0n) is 19.8. The number of hydrogen-bond donors (Lipinski definition) is 2. The summed E-state index contributed by atoms with van der Waals surface area (Å²) in [5.74, 6) is -2.79. The predicted molar refractivity (Wildman–Crippen MR) is 129 cm³/mol. The van der Waals surface area contributed by atoms with E-state index in [4.69, 9.17) is 0 Å². The van der Waals surface area contributed by atoms with Crippen molar-refractivity contribution in [1.82, 2.24) is 24.8 Å². The summed E-state index contributed by atoms with van der Waals surface area (Å²) in [6.45, 7) is 5.06. The van der Waals surface area contributed by atoms with Crippen LogP contribution < -0.4 is 15.6 Å². The molecule has 1 aliphatic rings. The highest BCUT2D eigenvalue weighted by molar-refractivity contribution is 5.96. The number of nitrogens with zero attached hydrogens (tertiary/aromatic N) is 5. The van der Waals surface area contributed by atoms with Gasteiger partial charge < -0.3 is 24.8 Å². The number of aryl methyl sites for hydroxylation is 1.